The molecule has 0 N–H and O–H groups in total. The van der Waals surface area contributed by atoms with Gasteiger partial charge in [0.05, 0.1) is 78.6 Å². The molecule has 0 spiro atoms. The summed E-state index contributed by atoms with van der Waals surface area (Å²) in [4.78, 5) is 27.9. The summed E-state index contributed by atoms with van der Waals surface area (Å²) < 4.78 is 115. The van der Waals surface area contributed by atoms with Crippen LogP contribution in [0, 0.1) is 11.8 Å². The fourth-order valence-electron chi connectivity index (χ4n) is 13.3. The third-order valence-corrected chi connectivity index (χ3v) is 49.8. The predicted molar refractivity (Wildman–Crippen MR) is 419 cm³/mol. The van der Waals surface area contributed by atoms with Crippen molar-refractivity contribution < 1.29 is 68.6 Å². The van der Waals surface area contributed by atoms with Crippen molar-refractivity contribution in [1.29, 1.82) is 0 Å². The summed E-state index contributed by atoms with van der Waals surface area (Å²) in [5.41, 5.74) is 1.92. The summed E-state index contributed by atoms with van der Waals surface area (Å²) in [5, 5.41) is -2.38. The number of fused-ring (bicyclic) bond motifs is 1. The molecule has 0 aromatic heterocycles. The summed E-state index contributed by atoms with van der Waals surface area (Å²) in [5.74, 6) is -1.45. The molecule has 0 saturated carbocycles. The van der Waals surface area contributed by atoms with Gasteiger partial charge in [-0.2, -0.15) is 0 Å². The quantitative estimate of drug-likeness (QED) is 0.0308. The average Bonchev–Trinajstić information content (AvgIpc) is 1.19. The molecule has 1 aromatic rings. The number of sulfone groups is 1. The van der Waals surface area contributed by atoms with Gasteiger partial charge in [-0.05, 0) is 175 Å². The fourth-order valence-corrected chi connectivity index (χ4v) is 22.0. The van der Waals surface area contributed by atoms with Gasteiger partial charge < -0.3 is 55.3 Å². The summed E-state index contributed by atoms with van der Waals surface area (Å²) in [6.07, 6.45) is 0.262. The Balaban J connectivity index is 1.49. The van der Waals surface area contributed by atoms with E-state index >= 15 is 13.2 Å². The number of halogens is 1. The van der Waals surface area contributed by atoms with Crippen LogP contribution in [0.5, 0.6) is 0 Å². The number of aldehydes is 1. The highest BCUT2D eigenvalue weighted by Crippen LogP contribution is 2.50. The number of methoxy groups -OCH3 is 1. The maximum absolute atomic E-state index is 16.5. The van der Waals surface area contributed by atoms with Gasteiger partial charge in [0.2, 0.25) is 0 Å². The number of rotatable bonds is 30. The minimum atomic E-state index is -4.52. The number of carbonyl (C=O) groups is 2. The van der Waals surface area contributed by atoms with Gasteiger partial charge in [0.1, 0.15) is 36.0 Å². The molecule has 0 radical (unpaired) electrons. The Labute approximate surface area is 614 Å². The summed E-state index contributed by atoms with van der Waals surface area (Å²) >= 11 is 2.29. The number of Topliss-reactive ketones (excluding diaryl/α,β-unsaturated/α-hetero) is 1. The lowest BCUT2D eigenvalue weighted by Crippen LogP contribution is -2.69. The summed E-state index contributed by atoms with van der Waals surface area (Å²) in [6, 6.07) is 8.38. The SMILES string of the molecule is C=C1C[C@H](CCC=O)OC1CC[C@H]1C[C@@H](C)C(=C)C(C[C@@H]2O[C@H](C[C@H](CO[Si](C)(C)C(C)(C)C)O[Si](C)(C)C(C)(C)C)[C@H](OC)[C@H]2C(C(=O)CC2CC[C@@H]3O[C@@H]([C@H](/C=C/I)O[Si](C)(C)C(C)(C)C)[C@@H](O[Si](C)(C)C(C)(C)C)[C@@H](O[Si](C)(C)C(C)(C)C)C3O2)S(=O)(=O)c2ccccc2)O1. The van der Waals surface area contributed by atoms with E-state index in [2.05, 4.69) is 218 Å². The Morgan fingerprint density at radius 3 is 1.74 bits per heavy atom. The van der Waals surface area contributed by atoms with Crippen LogP contribution in [-0.2, 0) is 70.0 Å². The van der Waals surface area contributed by atoms with Crippen LogP contribution in [-0.4, -0.2) is 173 Å². The molecule has 5 aliphatic heterocycles. The molecule has 0 amide bonds. The molecule has 22 heteroatoms. The minimum absolute atomic E-state index is 0.0354. The van der Waals surface area contributed by atoms with Gasteiger partial charge in [-0.25, -0.2) is 8.42 Å². The first-order valence-corrected chi connectivity index (χ1v) is 54.1. The van der Waals surface area contributed by atoms with Gasteiger partial charge in [0, 0.05) is 38.7 Å². The van der Waals surface area contributed by atoms with Gasteiger partial charge in [0.25, 0.3) is 0 Å². The summed E-state index contributed by atoms with van der Waals surface area (Å²) in [6.45, 7) is 67.7. The second kappa shape index (κ2) is 33.1. The number of carbonyl (C=O) groups excluding carboxylic acids is 2. The Bertz CT molecular complexity index is 2960. The van der Waals surface area contributed by atoms with Crippen LogP contribution in [0.15, 0.2) is 69.7 Å². The Morgan fingerprint density at radius 2 is 1.20 bits per heavy atom. The molecule has 5 heterocycles. The molecule has 5 unspecified atom stereocenters. The molecule has 562 valence electrons. The van der Waals surface area contributed by atoms with Crippen LogP contribution in [0.4, 0.5) is 0 Å². The first-order valence-electron chi connectivity index (χ1n) is 36.8. The van der Waals surface area contributed by atoms with E-state index in [0.29, 0.717) is 51.6 Å². The molecule has 5 fully saturated rings. The molecule has 6 rings (SSSR count). The maximum atomic E-state index is 16.5. The van der Waals surface area contributed by atoms with Crippen molar-refractivity contribution in [3.05, 3.63) is 64.8 Å². The predicted octanol–water partition coefficient (Wildman–Crippen LogP) is 18.6. The Kier molecular flexibility index (Phi) is 29.0. The van der Waals surface area contributed by atoms with Crippen molar-refractivity contribution in [1.82, 2.24) is 0 Å². The zero-order chi connectivity index (χ0) is 74.1. The largest absolute Gasteiger partial charge is 0.414 e. The number of hydrogen-bond acceptors (Lipinski definition) is 15. The maximum Gasteiger partial charge on any atom is 0.193 e. The molecule has 1 aromatic carbocycles. The highest BCUT2D eigenvalue weighted by atomic mass is 127. The second-order valence-electron chi connectivity index (χ2n) is 37.2. The van der Waals surface area contributed by atoms with Crippen molar-refractivity contribution >= 4 is 86.1 Å². The third-order valence-electron chi connectivity index (χ3n) is 24.7. The fraction of sp³-hybridized carbons (Fsp3) is 0.816. The van der Waals surface area contributed by atoms with E-state index in [-0.39, 0.29) is 67.2 Å². The minimum Gasteiger partial charge on any atom is -0.414 e. The van der Waals surface area contributed by atoms with Crippen LogP contribution in [0.3, 0.4) is 0 Å². The van der Waals surface area contributed by atoms with E-state index in [1.807, 2.05) is 4.08 Å². The van der Waals surface area contributed by atoms with Crippen molar-refractivity contribution in [2.45, 2.75) is 374 Å². The Morgan fingerprint density at radius 1 is 0.653 bits per heavy atom. The third kappa shape index (κ3) is 20.8. The van der Waals surface area contributed by atoms with Crippen LogP contribution in [0.25, 0.3) is 0 Å². The highest BCUT2D eigenvalue weighted by molar-refractivity contribution is 14.1. The molecule has 15 nitrogen and oxygen atoms in total. The molecule has 5 saturated heterocycles. The zero-order valence-corrected chi connectivity index (χ0v) is 73.8. The first kappa shape index (κ1) is 86.0. The van der Waals surface area contributed by atoms with E-state index in [1.54, 1.807) is 37.4 Å². The van der Waals surface area contributed by atoms with Gasteiger partial charge >= 0.3 is 0 Å². The summed E-state index contributed by atoms with van der Waals surface area (Å²) in [7, 11) is -15.4. The van der Waals surface area contributed by atoms with Gasteiger partial charge in [-0.1, -0.05) is 165 Å². The van der Waals surface area contributed by atoms with Crippen molar-refractivity contribution in [3.63, 3.8) is 0 Å². The van der Waals surface area contributed by atoms with Crippen molar-refractivity contribution in [3.8, 4) is 0 Å². The van der Waals surface area contributed by atoms with Crippen molar-refractivity contribution in [2.24, 2.45) is 11.8 Å². The average molecular weight is 1590 g/mol. The molecular formula is C76H135IO15SSi5. The number of hydrogen-bond donors (Lipinski definition) is 0. The molecule has 0 bridgehead atoms. The number of ketones is 1. The number of ether oxygens (including phenoxy) is 6. The topological polar surface area (TPSA) is 170 Å². The van der Waals surface area contributed by atoms with Crippen molar-refractivity contribution in [2.75, 3.05) is 13.7 Å². The van der Waals surface area contributed by atoms with E-state index in [1.165, 1.54) is 0 Å². The van der Waals surface area contributed by atoms with Gasteiger partial charge in [-0.15, -0.1) is 0 Å². The van der Waals surface area contributed by atoms with Crippen LogP contribution in [0.2, 0.25) is 90.7 Å². The first-order chi connectivity index (χ1) is 44.7. The van der Waals surface area contributed by atoms with E-state index < -0.39 is 142 Å². The molecule has 18 atom stereocenters. The van der Waals surface area contributed by atoms with Crippen LogP contribution in [0.1, 0.15) is 181 Å². The smallest absolute Gasteiger partial charge is 0.193 e. The Hall–Kier alpha value is -0.896. The second-order valence-corrected chi connectivity index (χ2v) is 63.8. The zero-order valence-electron chi connectivity index (χ0n) is 65.8. The number of benzene rings is 1. The van der Waals surface area contributed by atoms with Gasteiger partial charge in [0.15, 0.2) is 57.2 Å². The van der Waals surface area contributed by atoms with Crippen LogP contribution < -0.4 is 0 Å². The molecule has 98 heavy (non-hydrogen) atoms. The lowest BCUT2D eigenvalue weighted by Gasteiger charge is -2.56. The lowest BCUT2D eigenvalue weighted by atomic mass is 9.81. The van der Waals surface area contributed by atoms with Gasteiger partial charge in [-0.3, -0.25) is 4.79 Å². The monoisotopic (exact) mass is 1590 g/mol. The lowest BCUT2D eigenvalue weighted by molar-refractivity contribution is -0.266. The molecule has 0 aliphatic carbocycles. The molecule has 5 aliphatic rings. The van der Waals surface area contributed by atoms with E-state index in [9.17, 15) is 4.79 Å². The molecular weight excluding hydrogens is 1450 g/mol. The highest BCUT2D eigenvalue weighted by Gasteiger charge is 2.61. The van der Waals surface area contributed by atoms with E-state index in [0.717, 1.165) is 30.3 Å². The van der Waals surface area contributed by atoms with Crippen LogP contribution >= 0.6 is 22.6 Å². The van der Waals surface area contributed by atoms with E-state index in [4.69, 9.17) is 50.6 Å². The standard InChI is InChI=1S/C76H135IO15SSi5/c1-50-44-54(37-39-59-51(2)45-53(84-59)34-33-43-78)85-62(52(50)3)48-63-65(66(82-19)64(87-63)47-56(89-95(22,23)73(7,8)9)49-83-94(20,21)72(4,5)6)71(93(80,81)57-35-31-30-32-36-57)58(79)46-55-38-40-60-67(86-55)69(91-97(26,27)75(13,14)15)70(92-98(28,29)76(16,17)18)68(88-60)61(41-42-77)90-96(24,25)74(10,11)12/h30-32,35-36,41-43,50,53-56,59-71H,2-3,33-34,37-40,44-49H2,1,4-29H3/b42-41+/t50-,53+,54+,55?,56-,59?,60+,61+,62?,63+,64-,65+,66+,67?,68+,69+,70-,71?/m1/s1. The normalized spacial score (nSPS) is 30.4.